The van der Waals surface area contributed by atoms with Crippen molar-refractivity contribution < 1.29 is 4.74 Å². The first kappa shape index (κ1) is 41.5. The second kappa shape index (κ2) is 14.5. The Morgan fingerprint density at radius 3 is 2.06 bits per heavy atom. The van der Waals surface area contributed by atoms with Gasteiger partial charge in [-0.05, 0) is 154 Å². The van der Waals surface area contributed by atoms with Crippen LogP contribution in [-0.2, 0) is 22.8 Å². The van der Waals surface area contributed by atoms with Crippen LogP contribution >= 0.6 is 0 Å². The van der Waals surface area contributed by atoms with Gasteiger partial charge >= 0.3 is 0 Å². The van der Waals surface area contributed by atoms with Crippen molar-refractivity contribution in [3.05, 3.63) is 189 Å². The first-order valence-corrected chi connectivity index (χ1v) is 22.7. The Hall–Kier alpha value is -6.53. The van der Waals surface area contributed by atoms with Crippen molar-refractivity contribution >= 4 is 28.7 Å². The van der Waals surface area contributed by atoms with Gasteiger partial charge in [-0.25, -0.2) is 4.98 Å². The molecule has 6 heteroatoms. The quantitative estimate of drug-likeness (QED) is 0.167. The lowest BCUT2D eigenvalue weighted by atomic mass is 9.72. The van der Waals surface area contributed by atoms with E-state index in [4.69, 9.17) is 19.7 Å². The Balaban J connectivity index is 1.13. The predicted molar refractivity (Wildman–Crippen MR) is 265 cm³/mol. The van der Waals surface area contributed by atoms with Gasteiger partial charge in [0.1, 0.15) is 28.7 Å². The number of hydrogen-bond donors (Lipinski definition) is 0. The first-order valence-electron chi connectivity index (χ1n) is 22.7. The van der Waals surface area contributed by atoms with Crippen molar-refractivity contribution in [1.82, 2.24) is 9.97 Å². The second-order valence-electron chi connectivity index (χ2n) is 20.6. The Kier molecular flexibility index (Phi) is 9.40. The van der Waals surface area contributed by atoms with E-state index in [9.17, 15) is 0 Å². The SMILES string of the molecule is Cc1cc(Oc2cc(C3=N[C@]4(C)c5ccc(C)cc5C[C@]4(C)N3c3c(C)cc(C)cc3C)cc(-c3ccccn3)c2)cc(N2c3ccc(C(C)(C)C)cc3C(C)(C)c3cccnc32)c1. The van der Waals surface area contributed by atoms with Crippen molar-refractivity contribution in [1.29, 1.82) is 0 Å². The number of rotatable bonds is 6. The Morgan fingerprint density at radius 2 is 1.33 bits per heavy atom. The van der Waals surface area contributed by atoms with Crippen molar-refractivity contribution in [2.45, 2.75) is 111 Å². The molecule has 0 radical (unpaired) electrons. The van der Waals surface area contributed by atoms with Crippen LogP contribution < -0.4 is 14.5 Å². The third-order valence-electron chi connectivity index (χ3n) is 14.4. The summed E-state index contributed by atoms with van der Waals surface area (Å²) in [6.07, 6.45) is 4.63. The third-order valence-corrected chi connectivity index (χ3v) is 14.4. The minimum atomic E-state index is -0.500. The number of benzene rings is 5. The molecule has 0 N–H and O–H groups in total. The highest BCUT2D eigenvalue weighted by Crippen LogP contribution is 2.57. The molecule has 0 fully saturated rings. The lowest BCUT2D eigenvalue weighted by Crippen LogP contribution is -2.54. The molecule has 64 heavy (non-hydrogen) atoms. The van der Waals surface area contributed by atoms with E-state index in [-0.39, 0.29) is 16.4 Å². The fraction of sp³-hybridized carbons (Fsp3) is 0.293. The molecule has 0 amide bonds. The molecule has 3 aliphatic rings. The largest absolute Gasteiger partial charge is 0.457 e. The Morgan fingerprint density at radius 1 is 0.609 bits per heavy atom. The molecular formula is C58H59N5O. The zero-order chi connectivity index (χ0) is 45.1. The van der Waals surface area contributed by atoms with Crippen molar-refractivity contribution in [2.24, 2.45) is 4.99 Å². The van der Waals surface area contributed by atoms with Crippen LogP contribution in [0, 0.1) is 34.6 Å². The molecule has 7 aromatic rings. The number of aliphatic imine (C=N–C) groups is 1. The molecule has 2 aromatic heterocycles. The van der Waals surface area contributed by atoms with Crippen LogP contribution in [0.3, 0.4) is 0 Å². The number of aryl methyl sites for hydroxylation is 5. The fourth-order valence-corrected chi connectivity index (χ4v) is 11.0. The summed E-state index contributed by atoms with van der Waals surface area (Å²) in [6.45, 7) is 27.2. The molecule has 0 bridgehead atoms. The van der Waals surface area contributed by atoms with Gasteiger partial charge in [0, 0.05) is 46.3 Å². The van der Waals surface area contributed by atoms with Gasteiger partial charge in [-0.2, -0.15) is 0 Å². The monoisotopic (exact) mass is 841 g/mol. The number of fused-ring (bicyclic) bond motifs is 5. The number of aromatic nitrogens is 2. The number of anilines is 4. The molecule has 1 aliphatic carbocycles. The number of nitrogens with zero attached hydrogens (tertiary/aromatic N) is 5. The third kappa shape index (κ3) is 6.47. The maximum absolute atomic E-state index is 7.10. The van der Waals surface area contributed by atoms with Crippen LogP contribution in [0.15, 0.2) is 133 Å². The molecule has 6 nitrogen and oxygen atoms in total. The molecule has 0 unspecified atom stereocenters. The lowest BCUT2D eigenvalue weighted by Gasteiger charge is -2.43. The van der Waals surface area contributed by atoms with Crippen molar-refractivity contribution in [2.75, 3.05) is 9.80 Å². The van der Waals surface area contributed by atoms with Crippen LogP contribution in [0.4, 0.5) is 22.9 Å². The average Bonchev–Trinajstić information content (AvgIpc) is 3.59. The normalized spacial score (nSPS) is 19.5. The second-order valence-corrected chi connectivity index (χ2v) is 20.6. The Labute approximate surface area is 379 Å². The molecular weight excluding hydrogens is 783 g/mol. The molecule has 0 saturated heterocycles. The molecule has 322 valence electrons. The van der Waals surface area contributed by atoms with Gasteiger partial charge in [0.25, 0.3) is 0 Å². The van der Waals surface area contributed by atoms with Crippen LogP contribution in [0.5, 0.6) is 11.5 Å². The fourth-order valence-electron chi connectivity index (χ4n) is 11.0. The average molecular weight is 842 g/mol. The van der Waals surface area contributed by atoms with Gasteiger partial charge in [0.05, 0.1) is 22.6 Å². The van der Waals surface area contributed by atoms with E-state index in [0.29, 0.717) is 5.75 Å². The van der Waals surface area contributed by atoms with Gasteiger partial charge in [0.2, 0.25) is 0 Å². The molecule has 2 atom stereocenters. The number of amidine groups is 1. The van der Waals surface area contributed by atoms with Gasteiger partial charge < -0.3 is 9.64 Å². The summed E-state index contributed by atoms with van der Waals surface area (Å²) in [6, 6.07) is 41.9. The van der Waals surface area contributed by atoms with Crippen molar-refractivity contribution in [3.63, 3.8) is 0 Å². The van der Waals surface area contributed by atoms with Crippen LogP contribution in [0.1, 0.15) is 110 Å². The summed E-state index contributed by atoms with van der Waals surface area (Å²) in [5.74, 6) is 3.32. The molecule has 2 aliphatic heterocycles. The van der Waals surface area contributed by atoms with E-state index < -0.39 is 5.54 Å². The van der Waals surface area contributed by atoms with E-state index in [0.717, 1.165) is 57.6 Å². The molecule has 10 rings (SSSR count). The smallest absolute Gasteiger partial charge is 0.141 e. The molecule has 0 saturated carbocycles. The highest BCUT2D eigenvalue weighted by Gasteiger charge is 2.61. The molecule has 5 aromatic carbocycles. The predicted octanol–water partition coefficient (Wildman–Crippen LogP) is 14.4. The van der Waals surface area contributed by atoms with Crippen LogP contribution in [0.2, 0.25) is 0 Å². The van der Waals surface area contributed by atoms with E-state index in [2.05, 4.69) is 196 Å². The van der Waals surface area contributed by atoms with Crippen molar-refractivity contribution in [3.8, 4) is 22.8 Å². The zero-order valence-electron chi connectivity index (χ0n) is 39.5. The van der Waals surface area contributed by atoms with Gasteiger partial charge in [0.15, 0.2) is 0 Å². The Bertz CT molecular complexity index is 3040. The minimum Gasteiger partial charge on any atom is -0.457 e. The highest BCUT2D eigenvalue weighted by molar-refractivity contribution is 6.14. The van der Waals surface area contributed by atoms with Gasteiger partial charge in [-0.3, -0.25) is 14.9 Å². The van der Waals surface area contributed by atoms with E-state index in [1.54, 1.807) is 0 Å². The maximum Gasteiger partial charge on any atom is 0.141 e. The molecule has 0 spiro atoms. The summed E-state index contributed by atoms with van der Waals surface area (Å²) in [5, 5.41) is 0. The van der Waals surface area contributed by atoms with E-state index in [1.807, 2.05) is 24.5 Å². The summed E-state index contributed by atoms with van der Waals surface area (Å²) in [4.78, 5) is 20.6. The number of ether oxygens (including phenoxy) is 1. The van der Waals surface area contributed by atoms with Crippen LogP contribution in [0.25, 0.3) is 11.3 Å². The molecule has 4 heterocycles. The minimum absolute atomic E-state index is 0.00881. The number of hydrogen-bond acceptors (Lipinski definition) is 6. The topological polar surface area (TPSA) is 53.9 Å². The summed E-state index contributed by atoms with van der Waals surface area (Å²) in [5.41, 5.74) is 17.6. The summed E-state index contributed by atoms with van der Waals surface area (Å²) < 4.78 is 7.10. The number of pyridine rings is 2. The first-order chi connectivity index (χ1) is 30.4. The standard InChI is InChI=1S/C58H59N5O/c1-35-18-20-47-42(26-35)34-57(11)58(47,12)61-53(63(57)52-38(4)24-36(2)25-39(52)5)41-29-40(50-17-13-14-22-59-50)30-46(31-41)64-45-28-37(3)27-44(33-45)62-51-21-19-43(55(6,7)8)32-49(51)56(9,10)48-16-15-23-60-54(48)62/h13-33H,34H2,1-12H3/t57-,58+/m0/s1. The van der Waals surface area contributed by atoms with Gasteiger partial charge in [-0.15, -0.1) is 0 Å². The summed E-state index contributed by atoms with van der Waals surface area (Å²) >= 11 is 0. The van der Waals surface area contributed by atoms with Crippen LogP contribution in [-0.4, -0.2) is 21.3 Å². The zero-order valence-corrected chi connectivity index (χ0v) is 39.5. The van der Waals surface area contributed by atoms with E-state index in [1.165, 1.54) is 55.8 Å². The van der Waals surface area contributed by atoms with E-state index >= 15 is 0 Å². The maximum atomic E-state index is 7.10. The summed E-state index contributed by atoms with van der Waals surface area (Å²) in [7, 11) is 0. The highest BCUT2D eigenvalue weighted by atomic mass is 16.5. The lowest BCUT2D eigenvalue weighted by molar-refractivity contribution is 0.321. The van der Waals surface area contributed by atoms with Gasteiger partial charge in [-0.1, -0.05) is 100 Å².